The second-order valence-electron chi connectivity index (χ2n) is 3.73. The molecular weight excluding hydrogens is 316 g/mol. The Hall–Kier alpha value is -1.39. The van der Waals surface area contributed by atoms with E-state index in [1.807, 2.05) is 0 Å². The number of halogens is 2. The molecule has 0 aliphatic carbocycles. The van der Waals surface area contributed by atoms with Gasteiger partial charge < -0.3 is 4.90 Å². The molecule has 5 heteroatoms. The van der Waals surface area contributed by atoms with Gasteiger partial charge in [0.25, 0.3) is 5.91 Å². The molecule has 0 fully saturated rings. The van der Waals surface area contributed by atoms with Crippen LogP contribution in [0, 0.1) is 0 Å². The maximum absolute atomic E-state index is 12.2. The average Bonchev–Trinajstić information content (AvgIpc) is 2.38. The highest BCUT2D eigenvalue weighted by molar-refractivity contribution is 9.10. The molecule has 92 valence electrons. The zero-order valence-electron chi connectivity index (χ0n) is 9.60. The number of carbonyl (C=O) groups excluding carboxylic acids is 1. The van der Waals surface area contributed by atoms with Crippen LogP contribution in [-0.2, 0) is 0 Å². The summed E-state index contributed by atoms with van der Waals surface area (Å²) >= 11 is 9.11. The van der Waals surface area contributed by atoms with Gasteiger partial charge in [0, 0.05) is 34.6 Å². The first-order valence-electron chi connectivity index (χ1n) is 5.22. The van der Waals surface area contributed by atoms with E-state index >= 15 is 0 Å². The molecule has 0 aliphatic rings. The van der Waals surface area contributed by atoms with Crippen LogP contribution >= 0.6 is 27.5 Å². The monoisotopic (exact) mass is 324 g/mol. The van der Waals surface area contributed by atoms with E-state index in [9.17, 15) is 4.79 Å². The quantitative estimate of drug-likeness (QED) is 0.842. The van der Waals surface area contributed by atoms with Crippen molar-refractivity contribution in [2.75, 3.05) is 11.9 Å². The average molecular weight is 326 g/mol. The summed E-state index contributed by atoms with van der Waals surface area (Å²) in [5.41, 5.74) is 1.31. The van der Waals surface area contributed by atoms with E-state index in [-0.39, 0.29) is 5.91 Å². The number of pyridine rings is 1. The van der Waals surface area contributed by atoms with Crippen LogP contribution in [0.1, 0.15) is 10.4 Å². The first-order chi connectivity index (χ1) is 8.58. The van der Waals surface area contributed by atoms with Crippen LogP contribution in [0.3, 0.4) is 0 Å². The van der Waals surface area contributed by atoms with Crippen LogP contribution in [0.25, 0.3) is 0 Å². The number of amides is 1. The van der Waals surface area contributed by atoms with E-state index in [4.69, 9.17) is 11.6 Å². The van der Waals surface area contributed by atoms with Crippen molar-refractivity contribution in [2.24, 2.45) is 0 Å². The molecule has 1 aromatic heterocycles. The van der Waals surface area contributed by atoms with Crippen LogP contribution in [0.2, 0.25) is 5.02 Å². The van der Waals surface area contributed by atoms with E-state index in [0.29, 0.717) is 10.6 Å². The van der Waals surface area contributed by atoms with Gasteiger partial charge in [0.15, 0.2) is 0 Å². The highest BCUT2D eigenvalue weighted by atomic mass is 79.9. The first kappa shape index (κ1) is 13.1. The normalized spacial score (nSPS) is 10.2. The molecule has 0 atom stereocenters. The van der Waals surface area contributed by atoms with Crippen LogP contribution in [0.5, 0.6) is 0 Å². The second kappa shape index (κ2) is 5.50. The Morgan fingerprint density at radius 2 is 1.94 bits per heavy atom. The molecule has 0 bridgehead atoms. The molecule has 1 aromatic carbocycles. The van der Waals surface area contributed by atoms with Gasteiger partial charge >= 0.3 is 0 Å². The minimum atomic E-state index is -0.119. The van der Waals surface area contributed by atoms with Gasteiger partial charge in [0.2, 0.25) is 0 Å². The fourth-order valence-corrected chi connectivity index (χ4v) is 2.00. The lowest BCUT2D eigenvalue weighted by Gasteiger charge is -2.17. The largest absolute Gasteiger partial charge is 0.311 e. The number of aromatic nitrogens is 1. The summed E-state index contributed by atoms with van der Waals surface area (Å²) in [5, 5.41) is 0.642. The Morgan fingerprint density at radius 3 is 2.56 bits per heavy atom. The van der Waals surface area contributed by atoms with Crippen LogP contribution < -0.4 is 4.90 Å². The minimum absolute atomic E-state index is 0.119. The van der Waals surface area contributed by atoms with Crippen molar-refractivity contribution in [1.82, 2.24) is 4.98 Å². The number of benzene rings is 1. The molecule has 1 heterocycles. The number of nitrogens with zero attached hydrogens (tertiary/aromatic N) is 2. The lowest BCUT2D eigenvalue weighted by Crippen LogP contribution is -2.26. The molecular formula is C13H10BrClN2O. The zero-order chi connectivity index (χ0) is 13.1. The van der Waals surface area contributed by atoms with Crippen molar-refractivity contribution in [3.05, 3.63) is 57.8 Å². The molecule has 2 rings (SSSR count). The topological polar surface area (TPSA) is 33.2 Å². The van der Waals surface area contributed by atoms with Crippen molar-refractivity contribution in [2.45, 2.75) is 0 Å². The first-order valence-corrected chi connectivity index (χ1v) is 6.39. The van der Waals surface area contributed by atoms with E-state index in [1.54, 1.807) is 54.7 Å². The highest BCUT2D eigenvalue weighted by Crippen LogP contribution is 2.19. The third-order valence-electron chi connectivity index (χ3n) is 2.47. The summed E-state index contributed by atoms with van der Waals surface area (Å²) in [6, 6.07) is 8.83. The van der Waals surface area contributed by atoms with Crippen molar-refractivity contribution >= 4 is 39.1 Å². The molecule has 0 aliphatic heterocycles. The van der Waals surface area contributed by atoms with Crippen LogP contribution in [0.15, 0.2) is 47.2 Å². The van der Waals surface area contributed by atoms with Gasteiger partial charge in [0.1, 0.15) is 0 Å². The predicted molar refractivity (Wildman–Crippen MR) is 76.1 cm³/mol. The summed E-state index contributed by atoms with van der Waals surface area (Å²) in [6.07, 6.45) is 3.18. The highest BCUT2D eigenvalue weighted by Gasteiger charge is 2.13. The maximum atomic E-state index is 12.2. The molecule has 18 heavy (non-hydrogen) atoms. The minimum Gasteiger partial charge on any atom is -0.311 e. The fraction of sp³-hybridized carbons (Fsp3) is 0.0769. The Balaban J connectivity index is 2.26. The lowest BCUT2D eigenvalue weighted by atomic mass is 10.2. The van der Waals surface area contributed by atoms with Gasteiger partial charge in [-0.3, -0.25) is 9.78 Å². The van der Waals surface area contributed by atoms with Crippen LogP contribution in [0.4, 0.5) is 5.69 Å². The number of rotatable bonds is 2. The standard InChI is InChI=1S/C13H10BrClN2O/c1-17(12-4-2-11(15)3-5-12)13(18)9-6-10(14)8-16-7-9/h2-8H,1H3. The molecule has 0 N–H and O–H groups in total. The predicted octanol–water partition coefficient (Wildman–Crippen LogP) is 3.77. The number of anilines is 1. The Kier molecular flexibility index (Phi) is 3.99. The van der Waals surface area contributed by atoms with Gasteiger partial charge in [-0.1, -0.05) is 11.6 Å². The Labute approximate surface area is 119 Å². The summed E-state index contributed by atoms with van der Waals surface area (Å²) in [4.78, 5) is 17.7. The van der Waals surface area contributed by atoms with E-state index in [0.717, 1.165) is 10.2 Å². The summed E-state index contributed by atoms with van der Waals surface area (Å²) in [7, 11) is 1.71. The molecule has 2 aromatic rings. The fourth-order valence-electron chi connectivity index (χ4n) is 1.50. The van der Waals surface area contributed by atoms with Gasteiger partial charge in [-0.25, -0.2) is 0 Å². The third kappa shape index (κ3) is 2.89. The molecule has 0 unspecified atom stereocenters. The summed E-state index contributed by atoms with van der Waals surface area (Å²) in [5.74, 6) is -0.119. The van der Waals surface area contributed by atoms with Gasteiger partial charge in [-0.05, 0) is 46.3 Å². The number of hydrogen-bond acceptors (Lipinski definition) is 2. The Morgan fingerprint density at radius 1 is 1.28 bits per heavy atom. The Bertz CT molecular complexity index is 571. The SMILES string of the molecule is CN(C(=O)c1cncc(Br)c1)c1ccc(Cl)cc1. The molecule has 0 spiro atoms. The third-order valence-corrected chi connectivity index (χ3v) is 3.16. The summed E-state index contributed by atoms with van der Waals surface area (Å²) in [6.45, 7) is 0. The zero-order valence-corrected chi connectivity index (χ0v) is 11.9. The lowest BCUT2D eigenvalue weighted by molar-refractivity contribution is 0.0992. The molecule has 0 saturated heterocycles. The van der Waals surface area contributed by atoms with Gasteiger partial charge in [0.05, 0.1) is 5.56 Å². The van der Waals surface area contributed by atoms with Crippen molar-refractivity contribution in [3.63, 3.8) is 0 Å². The second-order valence-corrected chi connectivity index (χ2v) is 5.08. The maximum Gasteiger partial charge on any atom is 0.259 e. The van der Waals surface area contributed by atoms with E-state index in [2.05, 4.69) is 20.9 Å². The molecule has 0 radical (unpaired) electrons. The smallest absolute Gasteiger partial charge is 0.259 e. The van der Waals surface area contributed by atoms with Gasteiger partial charge in [-0.2, -0.15) is 0 Å². The number of hydrogen-bond donors (Lipinski definition) is 0. The van der Waals surface area contributed by atoms with Crippen molar-refractivity contribution in [3.8, 4) is 0 Å². The van der Waals surface area contributed by atoms with Crippen molar-refractivity contribution < 1.29 is 4.79 Å². The van der Waals surface area contributed by atoms with E-state index < -0.39 is 0 Å². The van der Waals surface area contributed by atoms with Crippen LogP contribution in [-0.4, -0.2) is 17.9 Å². The van der Waals surface area contributed by atoms with Gasteiger partial charge in [-0.15, -0.1) is 0 Å². The van der Waals surface area contributed by atoms with E-state index in [1.165, 1.54) is 0 Å². The summed E-state index contributed by atoms with van der Waals surface area (Å²) < 4.78 is 0.776. The molecule has 0 saturated carbocycles. The molecule has 3 nitrogen and oxygen atoms in total. The van der Waals surface area contributed by atoms with Crippen molar-refractivity contribution in [1.29, 1.82) is 0 Å². The number of carbonyl (C=O) groups is 1. The molecule has 1 amide bonds.